The summed E-state index contributed by atoms with van der Waals surface area (Å²) in [6, 6.07) is 10.3. The van der Waals surface area contributed by atoms with Crippen LogP contribution in [-0.4, -0.2) is 16.7 Å². The van der Waals surface area contributed by atoms with Gasteiger partial charge in [-0.15, -0.1) is 6.58 Å². The SMILES string of the molecule is C=CCNCc1nc(CCc2ccccc2)no1. The topological polar surface area (TPSA) is 51.0 Å². The van der Waals surface area contributed by atoms with Crippen LogP contribution in [0, 0.1) is 0 Å². The van der Waals surface area contributed by atoms with Gasteiger partial charge in [0.15, 0.2) is 5.82 Å². The van der Waals surface area contributed by atoms with Gasteiger partial charge in [-0.1, -0.05) is 41.6 Å². The van der Waals surface area contributed by atoms with Crippen LogP contribution in [0.3, 0.4) is 0 Å². The van der Waals surface area contributed by atoms with Crippen molar-refractivity contribution >= 4 is 0 Å². The van der Waals surface area contributed by atoms with Gasteiger partial charge in [0.05, 0.1) is 6.54 Å². The minimum Gasteiger partial charge on any atom is -0.338 e. The first-order chi connectivity index (χ1) is 8.88. The Kier molecular flexibility index (Phi) is 4.67. The molecule has 1 aromatic carbocycles. The lowest BCUT2D eigenvalue weighted by molar-refractivity contribution is 0.365. The predicted molar refractivity (Wildman–Crippen MR) is 70.1 cm³/mol. The molecule has 0 unspecified atom stereocenters. The molecule has 0 saturated heterocycles. The molecule has 0 aliphatic carbocycles. The second kappa shape index (κ2) is 6.71. The van der Waals surface area contributed by atoms with Crippen LogP contribution in [0.5, 0.6) is 0 Å². The first-order valence-corrected chi connectivity index (χ1v) is 6.05. The van der Waals surface area contributed by atoms with Crippen LogP contribution in [0.25, 0.3) is 0 Å². The fraction of sp³-hybridized carbons (Fsp3) is 0.286. The summed E-state index contributed by atoms with van der Waals surface area (Å²) >= 11 is 0. The van der Waals surface area contributed by atoms with Crippen LogP contribution in [-0.2, 0) is 19.4 Å². The summed E-state index contributed by atoms with van der Waals surface area (Å²) in [4.78, 5) is 4.32. The van der Waals surface area contributed by atoms with Gasteiger partial charge in [0.1, 0.15) is 0 Å². The molecule has 0 spiro atoms. The Labute approximate surface area is 107 Å². The molecule has 94 valence electrons. The molecule has 1 N–H and O–H groups in total. The maximum absolute atomic E-state index is 5.14. The average molecular weight is 243 g/mol. The highest BCUT2D eigenvalue weighted by Gasteiger charge is 2.05. The molecule has 2 rings (SSSR count). The van der Waals surface area contributed by atoms with Crippen molar-refractivity contribution in [3.63, 3.8) is 0 Å². The predicted octanol–water partition coefficient (Wildman–Crippen LogP) is 2.13. The normalized spacial score (nSPS) is 10.4. The number of rotatable bonds is 7. The minimum atomic E-state index is 0.588. The van der Waals surface area contributed by atoms with Gasteiger partial charge in [0.2, 0.25) is 5.89 Å². The van der Waals surface area contributed by atoms with Gasteiger partial charge in [-0.25, -0.2) is 0 Å². The van der Waals surface area contributed by atoms with E-state index in [2.05, 4.69) is 34.2 Å². The van der Waals surface area contributed by atoms with E-state index in [1.165, 1.54) is 5.56 Å². The van der Waals surface area contributed by atoms with E-state index in [1.54, 1.807) is 6.08 Å². The highest BCUT2D eigenvalue weighted by molar-refractivity contribution is 5.15. The van der Waals surface area contributed by atoms with Gasteiger partial charge < -0.3 is 9.84 Å². The molecule has 0 amide bonds. The van der Waals surface area contributed by atoms with Gasteiger partial charge in [0, 0.05) is 13.0 Å². The van der Waals surface area contributed by atoms with Crippen molar-refractivity contribution in [3.05, 3.63) is 60.3 Å². The fourth-order valence-electron chi connectivity index (χ4n) is 1.65. The third kappa shape index (κ3) is 3.82. The van der Waals surface area contributed by atoms with Gasteiger partial charge in [-0.05, 0) is 12.0 Å². The molecular formula is C14H17N3O. The number of hydrogen-bond donors (Lipinski definition) is 1. The lowest BCUT2D eigenvalue weighted by atomic mass is 10.1. The maximum atomic E-state index is 5.14. The van der Waals surface area contributed by atoms with E-state index in [0.29, 0.717) is 12.4 Å². The smallest absolute Gasteiger partial charge is 0.240 e. The van der Waals surface area contributed by atoms with Gasteiger partial charge in [0.25, 0.3) is 0 Å². The van der Waals surface area contributed by atoms with E-state index < -0.39 is 0 Å². The van der Waals surface area contributed by atoms with Crippen LogP contribution in [0.1, 0.15) is 17.3 Å². The quantitative estimate of drug-likeness (QED) is 0.598. The van der Waals surface area contributed by atoms with Crippen molar-refractivity contribution in [3.8, 4) is 0 Å². The summed E-state index contributed by atoms with van der Waals surface area (Å²) in [5, 5.41) is 7.08. The Morgan fingerprint density at radius 1 is 1.22 bits per heavy atom. The monoisotopic (exact) mass is 243 g/mol. The van der Waals surface area contributed by atoms with Crippen LogP contribution in [0.4, 0.5) is 0 Å². The first kappa shape index (κ1) is 12.5. The number of nitrogens with one attached hydrogen (secondary N) is 1. The summed E-state index contributed by atoms with van der Waals surface area (Å²) in [5.74, 6) is 1.38. The Balaban J connectivity index is 1.81. The third-order valence-corrected chi connectivity index (χ3v) is 2.56. The number of aromatic nitrogens is 2. The average Bonchev–Trinajstić information content (AvgIpc) is 2.86. The molecule has 0 aliphatic rings. The van der Waals surface area contributed by atoms with Crippen molar-refractivity contribution in [1.29, 1.82) is 0 Å². The summed E-state index contributed by atoms with van der Waals surface area (Å²) in [6.07, 6.45) is 3.53. The molecule has 18 heavy (non-hydrogen) atoms. The zero-order chi connectivity index (χ0) is 12.6. The lowest BCUT2D eigenvalue weighted by Crippen LogP contribution is -2.12. The Bertz CT molecular complexity index is 479. The van der Waals surface area contributed by atoms with E-state index in [1.807, 2.05) is 18.2 Å². The van der Waals surface area contributed by atoms with E-state index >= 15 is 0 Å². The van der Waals surface area contributed by atoms with Gasteiger partial charge in [-0.3, -0.25) is 0 Å². The second-order valence-corrected chi connectivity index (χ2v) is 4.01. The summed E-state index contributed by atoms with van der Waals surface area (Å²) < 4.78 is 5.14. The highest BCUT2D eigenvalue weighted by atomic mass is 16.5. The Hall–Kier alpha value is -1.94. The Morgan fingerprint density at radius 2 is 2.06 bits per heavy atom. The molecule has 4 nitrogen and oxygen atoms in total. The number of nitrogens with zero attached hydrogens (tertiary/aromatic N) is 2. The summed E-state index contributed by atoms with van der Waals surface area (Å²) in [7, 11) is 0. The highest BCUT2D eigenvalue weighted by Crippen LogP contribution is 2.05. The molecule has 0 saturated carbocycles. The second-order valence-electron chi connectivity index (χ2n) is 4.01. The number of benzene rings is 1. The molecule has 0 radical (unpaired) electrons. The van der Waals surface area contributed by atoms with Gasteiger partial charge >= 0.3 is 0 Å². The minimum absolute atomic E-state index is 0.588. The van der Waals surface area contributed by atoms with Gasteiger partial charge in [-0.2, -0.15) is 4.98 Å². The molecule has 0 bridgehead atoms. The fourth-order valence-corrected chi connectivity index (χ4v) is 1.65. The van der Waals surface area contributed by atoms with Crippen molar-refractivity contribution in [2.45, 2.75) is 19.4 Å². The van der Waals surface area contributed by atoms with Crippen LogP contribution >= 0.6 is 0 Å². The van der Waals surface area contributed by atoms with Crippen LogP contribution in [0.15, 0.2) is 47.5 Å². The van der Waals surface area contributed by atoms with Crippen molar-refractivity contribution in [2.24, 2.45) is 0 Å². The van der Waals surface area contributed by atoms with Crippen molar-refractivity contribution in [2.75, 3.05) is 6.54 Å². The standard InChI is InChI=1S/C14H17N3O/c1-2-10-15-11-14-16-13(17-18-14)9-8-12-6-4-3-5-7-12/h2-7,15H,1,8-11H2. The van der Waals surface area contributed by atoms with E-state index in [4.69, 9.17) is 4.52 Å². The summed E-state index contributed by atoms with van der Waals surface area (Å²) in [6.45, 7) is 4.96. The van der Waals surface area contributed by atoms with Crippen molar-refractivity contribution < 1.29 is 4.52 Å². The molecule has 2 aromatic rings. The zero-order valence-electron chi connectivity index (χ0n) is 10.3. The number of aryl methyl sites for hydroxylation is 2. The molecule has 0 atom stereocenters. The van der Waals surface area contributed by atoms with Crippen LogP contribution < -0.4 is 5.32 Å². The molecule has 1 aromatic heterocycles. The molecular weight excluding hydrogens is 226 g/mol. The molecule has 0 aliphatic heterocycles. The van der Waals surface area contributed by atoms with Crippen LogP contribution in [0.2, 0.25) is 0 Å². The summed E-state index contributed by atoms with van der Waals surface area (Å²) in [5.41, 5.74) is 1.29. The molecule has 4 heteroatoms. The third-order valence-electron chi connectivity index (χ3n) is 2.56. The largest absolute Gasteiger partial charge is 0.338 e. The lowest BCUT2D eigenvalue weighted by Gasteiger charge is -1.96. The van der Waals surface area contributed by atoms with Crippen molar-refractivity contribution in [1.82, 2.24) is 15.5 Å². The maximum Gasteiger partial charge on any atom is 0.240 e. The number of hydrogen-bond acceptors (Lipinski definition) is 4. The molecule has 1 heterocycles. The zero-order valence-corrected chi connectivity index (χ0v) is 10.3. The molecule has 0 fully saturated rings. The first-order valence-electron chi connectivity index (χ1n) is 6.05. The Morgan fingerprint density at radius 3 is 2.83 bits per heavy atom. The van der Waals surface area contributed by atoms with E-state index in [9.17, 15) is 0 Å². The van der Waals surface area contributed by atoms with E-state index in [-0.39, 0.29) is 0 Å². The van der Waals surface area contributed by atoms with E-state index in [0.717, 1.165) is 25.2 Å².